The summed E-state index contributed by atoms with van der Waals surface area (Å²) < 4.78 is 5.64. The molecular weight excluding hydrogens is 378 g/mol. The Labute approximate surface area is 177 Å². The normalized spacial score (nSPS) is 19.0. The number of hydrogen-bond donors (Lipinski definition) is 0. The van der Waals surface area contributed by atoms with Crippen molar-refractivity contribution in [3.8, 4) is 5.75 Å². The Kier molecular flexibility index (Phi) is 6.62. The van der Waals surface area contributed by atoms with Crippen LogP contribution in [0.3, 0.4) is 0 Å². The van der Waals surface area contributed by atoms with E-state index >= 15 is 0 Å². The van der Waals surface area contributed by atoms with E-state index in [9.17, 15) is 9.59 Å². The quantitative estimate of drug-likeness (QED) is 0.738. The molecule has 1 aromatic heterocycles. The van der Waals surface area contributed by atoms with E-state index in [1.807, 2.05) is 22.1 Å². The SMILES string of the molecule is O=C(COc1ccc(C(=O)N2CCC(Cc3cccnc3)C2)cc1)N1CCCCC1. The molecule has 3 heterocycles. The number of ether oxygens (including phenoxy) is 1. The summed E-state index contributed by atoms with van der Waals surface area (Å²) in [5, 5.41) is 0. The van der Waals surface area contributed by atoms with Crippen molar-refractivity contribution in [3.63, 3.8) is 0 Å². The van der Waals surface area contributed by atoms with Gasteiger partial charge in [-0.1, -0.05) is 6.07 Å². The molecule has 0 bridgehead atoms. The largest absolute Gasteiger partial charge is 0.484 e. The number of carbonyl (C=O) groups excluding carboxylic acids is 2. The Bertz CT molecular complexity index is 848. The summed E-state index contributed by atoms with van der Waals surface area (Å²) >= 11 is 0. The molecule has 2 aliphatic heterocycles. The van der Waals surface area contributed by atoms with E-state index < -0.39 is 0 Å². The van der Waals surface area contributed by atoms with Crippen molar-refractivity contribution >= 4 is 11.8 Å². The van der Waals surface area contributed by atoms with Gasteiger partial charge in [0.05, 0.1) is 0 Å². The number of amides is 2. The van der Waals surface area contributed by atoms with Gasteiger partial charge in [-0.15, -0.1) is 0 Å². The number of rotatable bonds is 6. The molecule has 1 unspecified atom stereocenters. The van der Waals surface area contributed by atoms with E-state index in [0.29, 0.717) is 17.2 Å². The number of carbonyl (C=O) groups is 2. The van der Waals surface area contributed by atoms with Crippen molar-refractivity contribution in [1.29, 1.82) is 0 Å². The molecule has 0 N–H and O–H groups in total. The minimum absolute atomic E-state index is 0.0339. The molecule has 0 radical (unpaired) electrons. The predicted octanol–water partition coefficient (Wildman–Crippen LogP) is 3.18. The van der Waals surface area contributed by atoms with E-state index in [4.69, 9.17) is 4.74 Å². The van der Waals surface area contributed by atoms with Gasteiger partial charge < -0.3 is 14.5 Å². The lowest BCUT2D eigenvalue weighted by Crippen LogP contribution is -2.38. The summed E-state index contributed by atoms with van der Waals surface area (Å²) in [5.41, 5.74) is 1.88. The van der Waals surface area contributed by atoms with Crippen molar-refractivity contribution < 1.29 is 14.3 Å². The van der Waals surface area contributed by atoms with Gasteiger partial charge in [0.15, 0.2) is 6.61 Å². The third kappa shape index (κ3) is 5.17. The van der Waals surface area contributed by atoms with Crippen LogP contribution in [0.25, 0.3) is 0 Å². The average Bonchev–Trinajstić information content (AvgIpc) is 3.27. The van der Waals surface area contributed by atoms with Gasteiger partial charge in [-0.25, -0.2) is 0 Å². The Hall–Kier alpha value is -2.89. The molecule has 2 amide bonds. The maximum absolute atomic E-state index is 12.8. The maximum Gasteiger partial charge on any atom is 0.260 e. The first-order valence-electron chi connectivity index (χ1n) is 10.9. The Morgan fingerprint density at radius 3 is 2.53 bits per heavy atom. The number of piperidine rings is 1. The molecule has 2 aromatic rings. The van der Waals surface area contributed by atoms with Gasteiger partial charge in [-0.2, -0.15) is 0 Å². The monoisotopic (exact) mass is 407 g/mol. The molecule has 2 fully saturated rings. The maximum atomic E-state index is 12.8. The van der Waals surface area contributed by atoms with Crippen molar-refractivity contribution in [3.05, 3.63) is 59.9 Å². The Morgan fingerprint density at radius 2 is 1.80 bits per heavy atom. The summed E-state index contributed by atoms with van der Waals surface area (Å²) in [6.45, 7) is 3.26. The Balaban J connectivity index is 1.26. The van der Waals surface area contributed by atoms with Crippen LogP contribution in [0, 0.1) is 5.92 Å². The highest BCUT2D eigenvalue weighted by Crippen LogP contribution is 2.23. The zero-order valence-electron chi connectivity index (χ0n) is 17.3. The minimum atomic E-state index is 0.0339. The van der Waals surface area contributed by atoms with Gasteiger partial charge in [0.25, 0.3) is 11.8 Å². The van der Waals surface area contributed by atoms with Gasteiger partial charge >= 0.3 is 0 Å². The molecule has 30 heavy (non-hydrogen) atoms. The molecule has 2 aliphatic rings. The van der Waals surface area contributed by atoms with Crippen LogP contribution in [-0.2, 0) is 11.2 Å². The highest BCUT2D eigenvalue weighted by atomic mass is 16.5. The number of likely N-dealkylation sites (tertiary alicyclic amines) is 2. The van der Waals surface area contributed by atoms with E-state index in [1.165, 1.54) is 12.0 Å². The number of benzene rings is 1. The number of aromatic nitrogens is 1. The molecule has 158 valence electrons. The van der Waals surface area contributed by atoms with E-state index in [0.717, 1.165) is 51.9 Å². The van der Waals surface area contributed by atoms with Crippen LogP contribution < -0.4 is 4.74 Å². The lowest BCUT2D eigenvalue weighted by molar-refractivity contribution is -0.134. The molecule has 6 nitrogen and oxygen atoms in total. The van der Waals surface area contributed by atoms with E-state index in [1.54, 1.807) is 30.5 Å². The van der Waals surface area contributed by atoms with Crippen LogP contribution in [0.4, 0.5) is 0 Å². The molecule has 0 aliphatic carbocycles. The number of pyridine rings is 1. The van der Waals surface area contributed by atoms with Crippen molar-refractivity contribution in [1.82, 2.24) is 14.8 Å². The van der Waals surface area contributed by atoms with Gasteiger partial charge in [0.2, 0.25) is 0 Å². The van der Waals surface area contributed by atoms with E-state index in [-0.39, 0.29) is 18.4 Å². The lowest BCUT2D eigenvalue weighted by atomic mass is 10.00. The van der Waals surface area contributed by atoms with Crippen LogP contribution in [0.15, 0.2) is 48.8 Å². The number of hydrogen-bond acceptors (Lipinski definition) is 4. The van der Waals surface area contributed by atoms with Gasteiger partial charge in [-0.05, 0) is 73.9 Å². The van der Waals surface area contributed by atoms with Gasteiger partial charge in [-0.3, -0.25) is 14.6 Å². The van der Waals surface area contributed by atoms with Crippen LogP contribution in [0.1, 0.15) is 41.6 Å². The fourth-order valence-electron chi connectivity index (χ4n) is 4.29. The topological polar surface area (TPSA) is 62.7 Å². The second-order valence-corrected chi connectivity index (χ2v) is 8.23. The molecular formula is C24H29N3O3. The van der Waals surface area contributed by atoms with E-state index in [2.05, 4.69) is 11.1 Å². The van der Waals surface area contributed by atoms with Crippen molar-refractivity contribution in [2.45, 2.75) is 32.1 Å². The molecule has 6 heteroatoms. The molecule has 2 saturated heterocycles. The average molecular weight is 408 g/mol. The molecule has 4 rings (SSSR count). The van der Waals surface area contributed by atoms with Crippen molar-refractivity contribution in [2.75, 3.05) is 32.8 Å². The van der Waals surface area contributed by atoms with Crippen LogP contribution >= 0.6 is 0 Å². The van der Waals surface area contributed by atoms with Crippen molar-refractivity contribution in [2.24, 2.45) is 5.92 Å². The van der Waals surface area contributed by atoms with Gasteiger partial charge in [0.1, 0.15) is 5.75 Å². The summed E-state index contributed by atoms with van der Waals surface area (Å²) in [4.78, 5) is 33.0. The third-order valence-corrected chi connectivity index (χ3v) is 5.99. The van der Waals surface area contributed by atoms with Crippen LogP contribution in [-0.4, -0.2) is 59.4 Å². The lowest BCUT2D eigenvalue weighted by Gasteiger charge is -2.26. The summed E-state index contributed by atoms with van der Waals surface area (Å²) in [6.07, 6.45) is 8.99. The zero-order chi connectivity index (χ0) is 20.8. The zero-order valence-corrected chi connectivity index (χ0v) is 17.3. The minimum Gasteiger partial charge on any atom is -0.484 e. The fraction of sp³-hybridized carbons (Fsp3) is 0.458. The summed E-state index contributed by atoms with van der Waals surface area (Å²) in [7, 11) is 0. The number of nitrogens with zero attached hydrogens (tertiary/aromatic N) is 3. The third-order valence-electron chi connectivity index (χ3n) is 5.99. The second kappa shape index (κ2) is 9.74. The first-order chi connectivity index (χ1) is 14.7. The standard InChI is InChI=1S/C24H29N3O3/c28-23(26-12-2-1-3-13-26)18-30-22-8-6-21(7-9-22)24(29)27-14-10-20(17-27)15-19-5-4-11-25-16-19/h4-9,11,16,20H,1-3,10,12-15,17-18H2. The van der Waals surface area contributed by atoms with Gasteiger partial charge in [0, 0.05) is 44.1 Å². The summed E-state index contributed by atoms with van der Waals surface area (Å²) in [6, 6.07) is 11.2. The Morgan fingerprint density at radius 1 is 1.00 bits per heavy atom. The second-order valence-electron chi connectivity index (χ2n) is 8.23. The van der Waals surface area contributed by atoms with Crippen LogP contribution in [0.2, 0.25) is 0 Å². The molecule has 0 saturated carbocycles. The smallest absolute Gasteiger partial charge is 0.260 e. The van der Waals surface area contributed by atoms with Crippen LogP contribution in [0.5, 0.6) is 5.75 Å². The first-order valence-corrected chi connectivity index (χ1v) is 10.9. The molecule has 0 spiro atoms. The predicted molar refractivity (Wildman–Crippen MR) is 114 cm³/mol. The summed E-state index contributed by atoms with van der Waals surface area (Å²) in [5.74, 6) is 1.18. The highest BCUT2D eigenvalue weighted by molar-refractivity contribution is 5.94. The molecule has 1 atom stereocenters. The fourth-order valence-corrected chi connectivity index (χ4v) is 4.29. The molecule has 1 aromatic carbocycles. The first kappa shape index (κ1) is 20.4. The highest BCUT2D eigenvalue weighted by Gasteiger charge is 2.27.